The number of rotatable bonds is 12. The third kappa shape index (κ3) is 9.41. The molecule has 0 amide bonds. The molecule has 8 nitrogen and oxygen atoms in total. The molecule has 0 spiro atoms. The predicted molar refractivity (Wildman–Crippen MR) is 89.9 cm³/mol. The summed E-state index contributed by atoms with van der Waals surface area (Å²) in [4.78, 5) is 44.0. The molecule has 0 aromatic heterocycles. The molecule has 0 atom stereocenters. The van der Waals surface area contributed by atoms with Gasteiger partial charge in [0.05, 0.1) is 0 Å². The van der Waals surface area contributed by atoms with Crippen molar-refractivity contribution in [3.63, 3.8) is 0 Å². The lowest BCUT2D eigenvalue weighted by Crippen LogP contribution is -2.15. The molecular formula is C18H22O8. The highest BCUT2D eigenvalue weighted by Gasteiger charge is 2.09. The van der Waals surface area contributed by atoms with Crippen molar-refractivity contribution < 1.29 is 38.1 Å². The summed E-state index contributed by atoms with van der Waals surface area (Å²) >= 11 is 0. The van der Waals surface area contributed by atoms with Gasteiger partial charge in [0, 0.05) is 0 Å². The highest BCUT2D eigenvalue weighted by molar-refractivity contribution is 5.94. The van der Waals surface area contributed by atoms with Gasteiger partial charge < -0.3 is 18.9 Å². The van der Waals surface area contributed by atoms with Crippen molar-refractivity contribution in [3.05, 3.63) is 24.3 Å². The third-order valence-electron chi connectivity index (χ3n) is 2.84. The van der Waals surface area contributed by atoms with Gasteiger partial charge in [0.1, 0.15) is 50.8 Å². The van der Waals surface area contributed by atoms with Crippen molar-refractivity contribution in [1.29, 1.82) is 0 Å². The Labute approximate surface area is 151 Å². The predicted octanol–water partition coefficient (Wildman–Crippen LogP) is 1.49. The van der Waals surface area contributed by atoms with Crippen LogP contribution in [0.4, 0.5) is 0 Å². The average Bonchev–Trinajstić information content (AvgIpc) is 2.55. The van der Waals surface area contributed by atoms with Crippen molar-refractivity contribution >= 4 is 23.5 Å². The van der Waals surface area contributed by atoms with Gasteiger partial charge in [0.2, 0.25) is 0 Å². The van der Waals surface area contributed by atoms with Gasteiger partial charge in [0.25, 0.3) is 0 Å². The maximum atomic E-state index is 11.2. The Kier molecular flexibility index (Phi) is 9.45. The fourth-order valence-corrected chi connectivity index (χ4v) is 1.81. The molecule has 0 aliphatic heterocycles. The van der Waals surface area contributed by atoms with Crippen LogP contribution in [0.3, 0.4) is 0 Å². The maximum absolute atomic E-state index is 11.2. The zero-order valence-corrected chi connectivity index (χ0v) is 14.8. The second kappa shape index (κ2) is 11.6. The third-order valence-corrected chi connectivity index (χ3v) is 2.84. The summed E-state index contributed by atoms with van der Waals surface area (Å²) in [5.74, 6) is -0.858. The lowest BCUT2D eigenvalue weighted by atomic mass is 10.3. The number of esters is 2. The normalized spacial score (nSPS) is 9.92. The number of hydrogen-bond acceptors (Lipinski definition) is 8. The Balaban J connectivity index is 2.33. The molecule has 0 N–H and O–H groups in total. The van der Waals surface area contributed by atoms with Crippen LogP contribution >= 0.6 is 0 Å². The first-order chi connectivity index (χ1) is 12.4. The van der Waals surface area contributed by atoms with E-state index in [1.165, 1.54) is 13.8 Å². The summed E-state index contributed by atoms with van der Waals surface area (Å²) in [5, 5.41) is 0. The van der Waals surface area contributed by atoms with Gasteiger partial charge >= 0.3 is 11.9 Å². The molecule has 1 aromatic rings. The monoisotopic (exact) mass is 366 g/mol. The van der Waals surface area contributed by atoms with Crippen LogP contribution in [-0.4, -0.2) is 49.9 Å². The molecule has 0 unspecified atom stereocenters. The number of hydrogen-bond donors (Lipinski definition) is 0. The zero-order chi connectivity index (χ0) is 19.4. The van der Waals surface area contributed by atoms with Gasteiger partial charge in [-0.3, -0.25) is 19.2 Å². The molecule has 0 bridgehead atoms. The van der Waals surface area contributed by atoms with Gasteiger partial charge in [-0.2, -0.15) is 0 Å². The molecule has 142 valence electrons. The maximum Gasteiger partial charge on any atom is 0.313 e. The molecule has 1 aromatic carbocycles. The standard InChI is InChI=1S/C18H22O8/c1-13(19)11-17(21)25-9-7-23-15-5-3-4-6-16(15)24-8-10-26-18(22)12-14(2)20/h3-6H,7-12H2,1-2H3. The molecule has 0 saturated heterocycles. The largest absolute Gasteiger partial charge is 0.486 e. The van der Waals surface area contributed by atoms with Gasteiger partial charge in [0.15, 0.2) is 11.5 Å². The average molecular weight is 366 g/mol. The van der Waals surface area contributed by atoms with Crippen molar-refractivity contribution in [2.45, 2.75) is 26.7 Å². The molecule has 0 fully saturated rings. The Hall–Kier alpha value is -2.90. The van der Waals surface area contributed by atoms with Crippen LogP contribution in [0.1, 0.15) is 26.7 Å². The minimum Gasteiger partial charge on any atom is -0.486 e. The molecule has 8 heteroatoms. The highest BCUT2D eigenvalue weighted by Crippen LogP contribution is 2.26. The molecule has 0 radical (unpaired) electrons. The number of ether oxygens (including phenoxy) is 4. The fourth-order valence-electron chi connectivity index (χ4n) is 1.81. The van der Waals surface area contributed by atoms with Crippen LogP contribution in [0.2, 0.25) is 0 Å². The van der Waals surface area contributed by atoms with E-state index in [9.17, 15) is 19.2 Å². The summed E-state index contributed by atoms with van der Waals surface area (Å²) in [6.07, 6.45) is -0.524. The van der Waals surface area contributed by atoms with Gasteiger partial charge in [-0.1, -0.05) is 12.1 Å². The second-order valence-electron chi connectivity index (χ2n) is 5.34. The van der Waals surface area contributed by atoms with Crippen LogP contribution in [0.25, 0.3) is 0 Å². The Morgan fingerprint density at radius 1 is 0.692 bits per heavy atom. The second-order valence-corrected chi connectivity index (χ2v) is 5.34. The Morgan fingerprint density at radius 3 is 1.42 bits per heavy atom. The number of carbonyl (C=O) groups excluding carboxylic acids is 4. The first kappa shape index (κ1) is 21.1. The SMILES string of the molecule is CC(=O)CC(=O)OCCOc1ccccc1OCCOC(=O)CC(C)=O. The number of benzene rings is 1. The molecule has 1 rings (SSSR count). The van der Waals surface area contributed by atoms with Crippen molar-refractivity contribution in [1.82, 2.24) is 0 Å². The van der Waals surface area contributed by atoms with Gasteiger partial charge in [-0.25, -0.2) is 0 Å². The van der Waals surface area contributed by atoms with E-state index in [0.29, 0.717) is 11.5 Å². The summed E-state index contributed by atoms with van der Waals surface area (Å²) in [5.41, 5.74) is 0. The first-order valence-electron chi connectivity index (χ1n) is 8.03. The Bertz CT molecular complexity index is 583. The van der Waals surface area contributed by atoms with E-state index in [2.05, 4.69) is 0 Å². The van der Waals surface area contributed by atoms with E-state index in [0.717, 1.165) is 0 Å². The lowest BCUT2D eigenvalue weighted by molar-refractivity contribution is -0.147. The fraction of sp³-hybridized carbons (Fsp3) is 0.444. The molecule has 0 aliphatic rings. The highest BCUT2D eigenvalue weighted by atomic mass is 16.6. The van der Waals surface area contributed by atoms with Crippen molar-refractivity contribution in [2.75, 3.05) is 26.4 Å². The van der Waals surface area contributed by atoms with E-state index in [1.807, 2.05) is 0 Å². The van der Waals surface area contributed by atoms with Crippen LogP contribution in [-0.2, 0) is 28.7 Å². The summed E-state index contributed by atoms with van der Waals surface area (Å²) in [6.45, 7) is 2.81. The van der Waals surface area contributed by atoms with E-state index in [1.54, 1.807) is 24.3 Å². The van der Waals surface area contributed by atoms with Gasteiger partial charge in [-0.05, 0) is 26.0 Å². The summed E-state index contributed by atoms with van der Waals surface area (Å²) in [7, 11) is 0. The minimum absolute atomic E-state index is 0.00308. The molecule has 26 heavy (non-hydrogen) atoms. The van der Waals surface area contributed by atoms with Crippen LogP contribution in [0.15, 0.2) is 24.3 Å². The number of para-hydroxylation sites is 2. The topological polar surface area (TPSA) is 105 Å². The lowest BCUT2D eigenvalue weighted by Gasteiger charge is -2.13. The summed E-state index contributed by atoms with van der Waals surface area (Å²) < 4.78 is 20.7. The molecular weight excluding hydrogens is 344 g/mol. The van der Waals surface area contributed by atoms with Crippen LogP contribution < -0.4 is 9.47 Å². The smallest absolute Gasteiger partial charge is 0.313 e. The molecule has 0 aliphatic carbocycles. The minimum atomic E-state index is -0.599. The summed E-state index contributed by atoms with van der Waals surface area (Å²) in [6, 6.07) is 6.84. The van der Waals surface area contributed by atoms with Crippen molar-refractivity contribution in [2.24, 2.45) is 0 Å². The molecule has 0 saturated carbocycles. The molecule has 0 heterocycles. The van der Waals surface area contributed by atoms with E-state index in [-0.39, 0.29) is 50.8 Å². The van der Waals surface area contributed by atoms with Gasteiger partial charge in [-0.15, -0.1) is 0 Å². The van der Waals surface area contributed by atoms with E-state index < -0.39 is 11.9 Å². The number of carbonyl (C=O) groups is 4. The number of Topliss-reactive ketones (excluding diaryl/α,β-unsaturated/α-hetero) is 2. The van der Waals surface area contributed by atoms with E-state index in [4.69, 9.17) is 18.9 Å². The Morgan fingerprint density at radius 2 is 1.08 bits per heavy atom. The quantitative estimate of drug-likeness (QED) is 0.311. The number of ketones is 2. The van der Waals surface area contributed by atoms with Crippen molar-refractivity contribution in [3.8, 4) is 11.5 Å². The zero-order valence-electron chi connectivity index (χ0n) is 14.8. The van der Waals surface area contributed by atoms with Crippen LogP contribution in [0.5, 0.6) is 11.5 Å². The van der Waals surface area contributed by atoms with E-state index >= 15 is 0 Å². The first-order valence-corrected chi connectivity index (χ1v) is 8.03. The van der Waals surface area contributed by atoms with Crippen LogP contribution in [0, 0.1) is 0 Å².